The van der Waals surface area contributed by atoms with Gasteiger partial charge in [-0.3, -0.25) is 5.32 Å². The van der Waals surface area contributed by atoms with Crippen LogP contribution in [0.5, 0.6) is 0 Å². The Morgan fingerprint density at radius 2 is 2.10 bits per heavy atom. The molecule has 1 saturated heterocycles. The summed E-state index contributed by atoms with van der Waals surface area (Å²) < 4.78 is 18.8. The summed E-state index contributed by atoms with van der Waals surface area (Å²) >= 11 is 1.49. The molecule has 3 aromatic rings. The van der Waals surface area contributed by atoms with Crippen LogP contribution in [0.2, 0.25) is 0 Å². The van der Waals surface area contributed by atoms with Gasteiger partial charge in [-0.25, -0.2) is 14.2 Å². The fourth-order valence-corrected chi connectivity index (χ4v) is 5.19. The van der Waals surface area contributed by atoms with Gasteiger partial charge >= 0.3 is 12.0 Å². The van der Waals surface area contributed by atoms with Crippen LogP contribution in [-0.2, 0) is 6.42 Å². The van der Waals surface area contributed by atoms with E-state index >= 15 is 0 Å². The van der Waals surface area contributed by atoms with Gasteiger partial charge in [-0.05, 0) is 43.5 Å². The number of benzene rings is 1. The van der Waals surface area contributed by atoms with Crippen molar-refractivity contribution in [3.05, 3.63) is 40.7 Å². The summed E-state index contributed by atoms with van der Waals surface area (Å²) in [4.78, 5) is 24.2. The van der Waals surface area contributed by atoms with Gasteiger partial charge in [-0.2, -0.15) is 4.98 Å². The van der Waals surface area contributed by atoms with Crippen LogP contribution in [0.4, 0.5) is 20.3 Å². The lowest BCUT2D eigenvalue weighted by atomic mass is 9.86. The molecule has 0 saturated carbocycles. The second kappa shape index (κ2) is 7.11. The molecule has 2 atom stereocenters. The molecule has 29 heavy (non-hydrogen) atoms. The molecular formula is C19H19FN6O2S. The van der Waals surface area contributed by atoms with E-state index in [2.05, 4.69) is 30.7 Å². The number of urea groups is 1. The molecular weight excluding hydrogens is 395 g/mol. The summed E-state index contributed by atoms with van der Waals surface area (Å²) in [7, 11) is 1.58. The Bertz CT molecular complexity index is 1050. The smallest absolute Gasteiger partial charge is 0.325 e. The number of amides is 2. The van der Waals surface area contributed by atoms with Crippen molar-refractivity contribution >= 4 is 28.5 Å². The van der Waals surface area contributed by atoms with Crippen LogP contribution in [0.3, 0.4) is 0 Å². The number of nitrogens with zero attached hydrogens (tertiary/aromatic N) is 4. The fraction of sp³-hybridized carbons (Fsp3) is 0.368. The zero-order valence-corrected chi connectivity index (χ0v) is 16.5. The largest absolute Gasteiger partial charge is 0.341 e. The highest BCUT2D eigenvalue weighted by Gasteiger charge is 2.42. The molecule has 1 aromatic carbocycles. The summed E-state index contributed by atoms with van der Waals surface area (Å²) in [5, 5.41) is 10.0. The number of fused-ring (bicyclic) bond motifs is 4. The van der Waals surface area contributed by atoms with Crippen LogP contribution in [0.15, 0.2) is 28.8 Å². The highest BCUT2D eigenvalue weighted by molar-refractivity contribution is 7.16. The van der Waals surface area contributed by atoms with Gasteiger partial charge in [-0.15, -0.1) is 0 Å². The molecule has 10 heteroatoms. The van der Waals surface area contributed by atoms with E-state index in [1.54, 1.807) is 19.2 Å². The van der Waals surface area contributed by atoms with Crippen molar-refractivity contribution in [1.82, 2.24) is 20.4 Å². The summed E-state index contributed by atoms with van der Waals surface area (Å²) in [5.41, 5.74) is 1.74. The van der Waals surface area contributed by atoms with E-state index in [0.717, 1.165) is 36.3 Å². The standard InChI is InChI=1S/C19H19FN6O2S/c1-21-17(27)24-18-22-13-9-12-3-2-4-14(15(13)29-18)26(12)19-23-16(25-28-19)10-5-7-11(20)8-6-10/h5-8,12,14H,2-4,9H2,1H3,(H2,21,22,24,27). The van der Waals surface area contributed by atoms with Gasteiger partial charge in [0.25, 0.3) is 0 Å². The first-order valence-electron chi connectivity index (χ1n) is 9.48. The van der Waals surface area contributed by atoms with Gasteiger partial charge in [0.1, 0.15) is 5.82 Å². The monoisotopic (exact) mass is 414 g/mol. The Morgan fingerprint density at radius 3 is 2.90 bits per heavy atom. The lowest BCUT2D eigenvalue weighted by Gasteiger charge is -2.43. The van der Waals surface area contributed by atoms with Crippen molar-refractivity contribution in [2.75, 3.05) is 17.3 Å². The zero-order valence-electron chi connectivity index (χ0n) is 15.7. The predicted octanol–water partition coefficient (Wildman–Crippen LogP) is 3.74. The highest BCUT2D eigenvalue weighted by atomic mass is 32.1. The van der Waals surface area contributed by atoms with Crippen LogP contribution in [0, 0.1) is 5.82 Å². The first-order valence-corrected chi connectivity index (χ1v) is 10.3. The second-order valence-electron chi connectivity index (χ2n) is 7.15. The van der Waals surface area contributed by atoms with Crippen molar-refractivity contribution in [3.8, 4) is 11.4 Å². The molecule has 2 bridgehead atoms. The Hall–Kier alpha value is -3.01. The van der Waals surface area contributed by atoms with E-state index in [1.165, 1.54) is 23.5 Å². The molecule has 5 rings (SSSR count). The maximum Gasteiger partial charge on any atom is 0.325 e. The molecule has 2 aliphatic heterocycles. The van der Waals surface area contributed by atoms with E-state index in [1.807, 2.05) is 0 Å². The molecule has 0 aliphatic carbocycles. The summed E-state index contributed by atoms with van der Waals surface area (Å²) in [6.07, 6.45) is 3.85. The van der Waals surface area contributed by atoms with E-state index < -0.39 is 0 Å². The number of carbonyl (C=O) groups is 1. The minimum atomic E-state index is -0.304. The minimum absolute atomic E-state index is 0.0942. The minimum Gasteiger partial charge on any atom is -0.341 e. The molecule has 2 N–H and O–H groups in total. The average molecular weight is 414 g/mol. The normalized spacial score (nSPS) is 20.3. The molecule has 2 aliphatic rings. The number of anilines is 2. The summed E-state index contributed by atoms with van der Waals surface area (Å²) in [5.74, 6) is 0.136. The topological polar surface area (TPSA) is 96.2 Å². The molecule has 2 aromatic heterocycles. The Kier molecular flexibility index (Phi) is 4.42. The quantitative estimate of drug-likeness (QED) is 0.678. The van der Waals surface area contributed by atoms with Crippen molar-refractivity contribution in [2.45, 2.75) is 37.8 Å². The first kappa shape index (κ1) is 18.0. The summed E-state index contributed by atoms with van der Waals surface area (Å²) in [6, 6.07) is 6.54. The molecule has 2 amide bonds. The van der Waals surface area contributed by atoms with Crippen LogP contribution < -0.4 is 15.5 Å². The van der Waals surface area contributed by atoms with E-state index in [4.69, 9.17) is 4.52 Å². The third-order valence-electron chi connectivity index (χ3n) is 5.39. The first-order chi connectivity index (χ1) is 14.1. The number of thiazole rings is 1. The molecule has 0 radical (unpaired) electrons. The summed E-state index contributed by atoms with van der Waals surface area (Å²) in [6.45, 7) is 0. The molecule has 1 fully saturated rings. The van der Waals surface area contributed by atoms with Crippen molar-refractivity contribution < 1.29 is 13.7 Å². The molecule has 0 spiro atoms. The Morgan fingerprint density at radius 1 is 1.28 bits per heavy atom. The number of rotatable bonds is 3. The van der Waals surface area contributed by atoms with Crippen LogP contribution in [-0.4, -0.2) is 34.2 Å². The number of halogens is 1. The number of carbonyl (C=O) groups excluding carboxylic acids is 1. The number of hydrogen-bond donors (Lipinski definition) is 2. The van der Waals surface area contributed by atoms with Gasteiger partial charge in [0.15, 0.2) is 5.13 Å². The molecule has 2 unspecified atom stereocenters. The molecule has 8 nitrogen and oxygen atoms in total. The second-order valence-corrected chi connectivity index (χ2v) is 8.18. The highest BCUT2D eigenvalue weighted by Crippen LogP contribution is 2.47. The third kappa shape index (κ3) is 3.23. The van der Waals surface area contributed by atoms with Crippen molar-refractivity contribution in [2.24, 2.45) is 0 Å². The number of hydrogen-bond acceptors (Lipinski definition) is 7. The third-order valence-corrected chi connectivity index (χ3v) is 6.50. The van der Waals surface area contributed by atoms with Gasteiger partial charge in [0.05, 0.1) is 16.6 Å². The Balaban J connectivity index is 1.46. The van der Waals surface area contributed by atoms with E-state index in [9.17, 15) is 9.18 Å². The van der Waals surface area contributed by atoms with Gasteiger partial charge in [0.2, 0.25) is 5.82 Å². The lowest BCUT2D eigenvalue weighted by molar-refractivity contribution is 0.254. The molecule has 4 heterocycles. The number of nitrogens with one attached hydrogen (secondary N) is 2. The lowest BCUT2D eigenvalue weighted by Crippen LogP contribution is -2.46. The maximum atomic E-state index is 13.2. The van der Waals surface area contributed by atoms with Crippen molar-refractivity contribution in [1.29, 1.82) is 0 Å². The van der Waals surface area contributed by atoms with Gasteiger partial charge < -0.3 is 14.7 Å². The van der Waals surface area contributed by atoms with E-state index in [-0.39, 0.29) is 23.9 Å². The van der Waals surface area contributed by atoms with Gasteiger partial charge in [0, 0.05) is 25.1 Å². The van der Waals surface area contributed by atoms with Crippen LogP contribution >= 0.6 is 11.3 Å². The van der Waals surface area contributed by atoms with Crippen molar-refractivity contribution in [3.63, 3.8) is 0 Å². The van der Waals surface area contributed by atoms with Crippen LogP contribution in [0.25, 0.3) is 11.4 Å². The van der Waals surface area contributed by atoms with E-state index in [0.29, 0.717) is 22.5 Å². The number of aromatic nitrogens is 3. The Labute approximate surface area is 170 Å². The van der Waals surface area contributed by atoms with Crippen LogP contribution in [0.1, 0.15) is 35.9 Å². The average Bonchev–Trinajstić information content (AvgIpc) is 3.35. The zero-order chi connectivity index (χ0) is 20.0. The van der Waals surface area contributed by atoms with Gasteiger partial charge in [-0.1, -0.05) is 16.5 Å². The fourth-order valence-electron chi connectivity index (χ4n) is 4.07. The SMILES string of the molecule is CNC(=O)Nc1nc2c(s1)C1CCCC(C2)N1c1nc(-c2ccc(F)cc2)no1. The maximum absolute atomic E-state index is 13.2. The molecule has 150 valence electrons. The number of piperidine rings is 1. The predicted molar refractivity (Wildman–Crippen MR) is 106 cm³/mol.